The maximum Gasteiger partial charge on any atom is 0.253 e. The van der Waals surface area contributed by atoms with Gasteiger partial charge in [0.1, 0.15) is 0 Å². The normalized spacial score (nSPS) is 20.1. The molecule has 2 amide bonds. The van der Waals surface area contributed by atoms with Crippen molar-refractivity contribution in [2.45, 2.75) is 25.7 Å². The molecule has 0 bridgehead atoms. The number of rotatable bonds is 3. The van der Waals surface area contributed by atoms with E-state index in [4.69, 9.17) is 0 Å². The van der Waals surface area contributed by atoms with Crippen molar-refractivity contribution in [2.24, 2.45) is 13.0 Å². The van der Waals surface area contributed by atoms with Gasteiger partial charge in [-0.3, -0.25) is 9.59 Å². The van der Waals surface area contributed by atoms with Crippen LogP contribution in [0.5, 0.6) is 0 Å². The number of aromatic nitrogens is 2. The molecule has 1 aromatic carbocycles. The Labute approximate surface area is 159 Å². The summed E-state index contributed by atoms with van der Waals surface area (Å²) < 4.78 is 1.95. The second kappa shape index (κ2) is 7.55. The van der Waals surface area contributed by atoms with Gasteiger partial charge in [-0.05, 0) is 43.4 Å². The first-order valence-electron chi connectivity index (χ1n) is 9.78. The Kier molecular flexibility index (Phi) is 4.97. The fraction of sp³-hybridized carbons (Fsp3) is 0.476. The highest BCUT2D eigenvalue weighted by Gasteiger charge is 2.32. The number of hydrogen-bond donors (Lipinski definition) is 0. The fourth-order valence-corrected chi connectivity index (χ4v) is 4.16. The maximum atomic E-state index is 12.9. The van der Waals surface area contributed by atoms with Gasteiger partial charge in [-0.2, -0.15) is 0 Å². The quantitative estimate of drug-likeness (QED) is 0.839. The van der Waals surface area contributed by atoms with Gasteiger partial charge in [-0.1, -0.05) is 12.1 Å². The van der Waals surface area contributed by atoms with Crippen LogP contribution in [0.2, 0.25) is 0 Å². The van der Waals surface area contributed by atoms with Crippen molar-refractivity contribution in [3.8, 4) is 11.3 Å². The van der Waals surface area contributed by atoms with E-state index in [1.165, 1.54) is 0 Å². The van der Waals surface area contributed by atoms with E-state index in [-0.39, 0.29) is 17.7 Å². The number of piperidine rings is 1. The Bertz CT molecular complexity index is 821. The summed E-state index contributed by atoms with van der Waals surface area (Å²) in [6.45, 7) is 3.02. The lowest BCUT2D eigenvalue weighted by molar-refractivity contribution is -0.135. The van der Waals surface area contributed by atoms with Crippen molar-refractivity contribution in [1.82, 2.24) is 19.4 Å². The molecule has 2 saturated heterocycles. The zero-order valence-corrected chi connectivity index (χ0v) is 15.8. The minimum atomic E-state index is -0.0467. The lowest BCUT2D eigenvalue weighted by Crippen LogP contribution is -2.46. The molecular formula is C21H26N4O2. The van der Waals surface area contributed by atoms with E-state index in [9.17, 15) is 9.59 Å². The van der Waals surface area contributed by atoms with Crippen LogP contribution in [-0.4, -0.2) is 57.3 Å². The maximum absolute atomic E-state index is 12.9. The van der Waals surface area contributed by atoms with Crippen molar-refractivity contribution in [1.29, 1.82) is 0 Å². The Morgan fingerprint density at radius 3 is 2.37 bits per heavy atom. The molecule has 6 heteroatoms. The van der Waals surface area contributed by atoms with E-state index >= 15 is 0 Å². The fourth-order valence-electron chi connectivity index (χ4n) is 4.16. The van der Waals surface area contributed by atoms with Crippen LogP contribution in [0.25, 0.3) is 11.3 Å². The standard InChI is InChI=1S/C21H26N4O2/c1-23-15-22-13-19(23)16-6-8-17(9-7-16)20(26)25-12-4-5-18(14-25)21(27)24-10-2-3-11-24/h6-9,13,15,18H,2-5,10-12,14H2,1H3/t18-/m1/s1. The average Bonchev–Trinajstić information content (AvgIpc) is 3.39. The Hall–Kier alpha value is -2.63. The summed E-state index contributed by atoms with van der Waals surface area (Å²) in [6.07, 6.45) is 7.56. The topological polar surface area (TPSA) is 58.4 Å². The van der Waals surface area contributed by atoms with E-state index in [1.807, 2.05) is 51.9 Å². The highest BCUT2D eigenvalue weighted by Crippen LogP contribution is 2.24. The zero-order valence-electron chi connectivity index (χ0n) is 15.8. The van der Waals surface area contributed by atoms with Crippen molar-refractivity contribution >= 4 is 11.8 Å². The molecule has 0 saturated carbocycles. The van der Waals surface area contributed by atoms with E-state index in [2.05, 4.69) is 4.98 Å². The highest BCUT2D eigenvalue weighted by atomic mass is 16.2. The second-order valence-electron chi connectivity index (χ2n) is 7.59. The summed E-state index contributed by atoms with van der Waals surface area (Å²) in [5, 5.41) is 0. The van der Waals surface area contributed by atoms with Gasteiger partial charge in [0, 0.05) is 38.8 Å². The number of carbonyl (C=O) groups excluding carboxylic acids is 2. The molecule has 2 aliphatic rings. The smallest absolute Gasteiger partial charge is 0.253 e. The summed E-state index contributed by atoms with van der Waals surface area (Å²) in [5.41, 5.74) is 2.73. The third-order valence-electron chi connectivity index (χ3n) is 5.72. The first-order chi connectivity index (χ1) is 13.1. The van der Waals surface area contributed by atoms with Crippen LogP contribution in [0, 0.1) is 5.92 Å². The van der Waals surface area contributed by atoms with Gasteiger partial charge in [0.25, 0.3) is 5.91 Å². The SMILES string of the molecule is Cn1cncc1-c1ccc(C(=O)N2CCC[C@@H](C(=O)N3CCCC3)C2)cc1. The molecule has 0 radical (unpaired) electrons. The molecule has 1 aromatic heterocycles. The summed E-state index contributed by atoms with van der Waals surface area (Å²) in [5.74, 6) is 0.205. The monoisotopic (exact) mass is 366 g/mol. The largest absolute Gasteiger partial charge is 0.342 e. The van der Waals surface area contributed by atoms with Crippen molar-refractivity contribution in [3.63, 3.8) is 0 Å². The minimum absolute atomic E-state index is 0.0190. The average molecular weight is 366 g/mol. The molecule has 6 nitrogen and oxygen atoms in total. The van der Waals surface area contributed by atoms with Gasteiger partial charge in [-0.15, -0.1) is 0 Å². The summed E-state index contributed by atoms with van der Waals surface area (Å²) in [6, 6.07) is 7.66. The van der Waals surface area contributed by atoms with Crippen LogP contribution in [-0.2, 0) is 11.8 Å². The predicted molar refractivity (Wildman–Crippen MR) is 103 cm³/mol. The van der Waals surface area contributed by atoms with E-state index < -0.39 is 0 Å². The van der Waals surface area contributed by atoms with Gasteiger partial charge >= 0.3 is 0 Å². The highest BCUT2D eigenvalue weighted by molar-refractivity contribution is 5.95. The van der Waals surface area contributed by atoms with Crippen molar-refractivity contribution < 1.29 is 9.59 Å². The molecule has 0 N–H and O–H groups in total. The lowest BCUT2D eigenvalue weighted by atomic mass is 9.95. The van der Waals surface area contributed by atoms with Gasteiger partial charge in [0.2, 0.25) is 5.91 Å². The van der Waals surface area contributed by atoms with Gasteiger partial charge in [0.15, 0.2) is 0 Å². The van der Waals surface area contributed by atoms with E-state index in [0.717, 1.165) is 56.6 Å². The van der Waals surface area contributed by atoms with Crippen LogP contribution in [0.4, 0.5) is 0 Å². The van der Waals surface area contributed by atoms with E-state index in [1.54, 1.807) is 6.33 Å². The number of nitrogens with zero attached hydrogens (tertiary/aromatic N) is 4. The van der Waals surface area contributed by atoms with Gasteiger partial charge < -0.3 is 14.4 Å². The third-order valence-corrected chi connectivity index (χ3v) is 5.72. The van der Waals surface area contributed by atoms with Crippen LogP contribution in [0.15, 0.2) is 36.8 Å². The first kappa shape index (κ1) is 17.8. The molecule has 27 heavy (non-hydrogen) atoms. The molecule has 142 valence electrons. The summed E-state index contributed by atoms with van der Waals surface area (Å²) in [7, 11) is 1.95. The molecule has 0 spiro atoms. The number of imidazole rings is 1. The van der Waals surface area contributed by atoms with Crippen LogP contribution in [0.1, 0.15) is 36.0 Å². The van der Waals surface area contributed by atoms with Crippen LogP contribution in [0.3, 0.4) is 0 Å². The van der Waals surface area contributed by atoms with Crippen molar-refractivity contribution in [2.75, 3.05) is 26.2 Å². The Morgan fingerprint density at radius 1 is 1.00 bits per heavy atom. The molecule has 2 aliphatic heterocycles. The minimum Gasteiger partial charge on any atom is -0.342 e. The number of benzene rings is 1. The first-order valence-corrected chi connectivity index (χ1v) is 9.78. The van der Waals surface area contributed by atoms with E-state index in [0.29, 0.717) is 12.1 Å². The molecule has 4 rings (SSSR count). The second-order valence-corrected chi connectivity index (χ2v) is 7.59. The molecule has 3 heterocycles. The molecule has 1 atom stereocenters. The zero-order chi connectivity index (χ0) is 18.8. The Balaban J connectivity index is 1.44. The number of likely N-dealkylation sites (tertiary alicyclic amines) is 2. The van der Waals surface area contributed by atoms with Crippen LogP contribution >= 0.6 is 0 Å². The number of amides is 2. The molecular weight excluding hydrogens is 340 g/mol. The summed E-state index contributed by atoms with van der Waals surface area (Å²) >= 11 is 0. The lowest BCUT2D eigenvalue weighted by Gasteiger charge is -2.34. The summed E-state index contributed by atoms with van der Waals surface area (Å²) in [4.78, 5) is 33.6. The predicted octanol–water partition coefficient (Wildman–Crippen LogP) is 2.56. The number of aryl methyl sites for hydroxylation is 1. The molecule has 0 aliphatic carbocycles. The van der Waals surface area contributed by atoms with Crippen LogP contribution < -0.4 is 0 Å². The third kappa shape index (κ3) is 3.61. The van der Waals surface area contributed by atoms with Crippen molar-refractivity contribution in [3.05, 3.63) is 42.4 Å². The van der Waals surface area contributed by atoms with Gasteiger partial charge in [0.05, 0.1) is 24.1 Å². The molecule has 2 aromatic rings. The number of hydrogen-bond acceptors (Lipinski definition) is 3. The molecule has 0 unspecified atom stereocenters. The number of carbonyl (C=O) groups is 2. The van der Waals surface area contributed by atoms with Gasteiger partial charge in [-0.25, -0.2) is 4.98 Å². The molecule has 2 fully saturated rings. The Morgan fingerprint density at radius 2 is 1.70 bits per heavy atom.